The first-order chi connectivity index (χ1) is 15.7. The highest BCUT2D eigenvalue weighted by molar-refractivity contribution is 8.00. The molecular formula is C28H36ClN3S. The Morgan fingerprint density at radius 3 is 1.88 bits per heavy atom. The van der Waals surface area contributed by atoms with Crippen LogP contribution in [0.1, 0.15) is 20.3 Å². The van der Waals surface area contributed by atoms with E-state index >= 15 is 0 Å². The SMILES string of the molecule is CC(C)Sc1ccccc1N1CCN(CCCN(c2ccccc2)c2ccccc2)CC1.Cl. The minimum absolute atomic E-state index is 0. The van der Waals surface area contributed by atoms with E-state index in [9.17, 15) is 0 Å². The molecule has 0 unspecified atom stereocenters. The van der Waals surface area contributed by atoms with E-state index in [-0.39, 0.29) is 12.4 Å². The summed E-state index contributed by atoms with van der Waals surface area (Å²) in [5, 5.41) is 0.606. The van der Waals surface area contributed by atoms with Gasteiger partial charge in [0.25, 0.3) is 0 Å². The topological polar surface area (TPSA) is 9.72 Å². The van der Waals surface area contributed by atoms with Gasteiger partial charge >= 0.3 is 0 Å². The molecule has 3 aromatic carbocycles. The van der Waals surface area contributed by atoms with Gasteiger partial charge < -0.3 is 9.80 Å². The van der Waals surface area contributed by atoms with Crippen LogP contribution in [0.4, 0.5) is 17.1 Å². The van der Waals surface area contributed by atoms with Crippen molar-refractivity contribution >= 4 is 41.2 Å². The maximum absolute atomic E-state index is 2.63. The summed E-state index contributed by atoms with van der Waals surface area (Å²) in [7, 11) is 0. The lowest BCUT2D eigenvalue weighted by Gasteiger charge is -2.37. The van der Waals surface area contributed by atoms with Gasteiger partial charge in [-0.25, -0.2) is 0 Å². The summed E-state index contributed by atoms with van der Waals surface area (Å²) < 4.78 is 0. The fourth-order valence-electron chi connectivity index (χ4n) is 4.36. The van der Waals surface area contributed by atoms with E-state index < -0.39 is 0 Å². The van der Waals surface area contributed by atoms with E-state index in [4.69, 9.17) is 0 Å². The van der Waals surface area contributed by atoms with Gasteiger partial charge in [-0.1, -0.05) is 62.4 Å². The van der Waals surface area contributed by atoms with Crippen LogP contribution in [-0.2, 0) is 0 Å². The molecule has 0 spiro atoms. The largest absolute Gasteiger partial charge is 0.368 e. The van der Waals surface area contributed by atoms with Gasteiger partial charge in [-0.15, -0.1) is 24.2 Å². The van der Waals surface area contributed by atoms with Gasteiger partial charge in [0.15, 0.2) is 0 Å². The van der Waals surface area contributed by atoms with Gasteiger partial charge in [0, 0.05) is 54.2 Å². The Hall–Kier alpha value is -2.14. The molecule has 0 aromatic heterocycles. The molecule has 1 aliphatic heterocycles. The van der Waals surface area contributed by atoms with Crippen molar-refractivity contribution in [2.45, 2.75) is 30.4 Å². The van der Waals surface area contributed by atoms with E-state index in [1.165, 1.54) is 22.0 Å². The predicted molar refractivity (Wildman–Crippen MR) is 148 cm³/mol. The molecule has 3 nitrogen and oxygen atoms in total. The predicted octanol–water partition coefficient (Wildman–Crippen LogP) is 6.96. The molecule has 176 valence electrons. The quantitative estimate of drug-likeness (QED) is 0.305. The van der Waals surface area contributed by atoms with Crippen LogP contribution < -0.4 is 9.80 Å². The Morgan fingerprint density at radius 1 is 0.758 bits per heavy atom. The van der Waals surface area contributed by atoms with Crippen LogP contribution >= 0.6 is 24.2 Å². The van der Waals surface area contributed by atoms with E-state index in [0.717, 1.165) is 45.7 Å². The summed E-state index contributed by atoms with van der Waals surface area (Å²) in [6, 6.07) is 30.4. The van der Waals surface area contributed by atoms with Crippen LogP contribution in [0.15, 0.2) is 89.8 Å². The zero-order valence-electron chi connectivity index (χ0n) is 19.8. The molecule has 1 heterocycles. The van der Waals surface area contributed by atoms with Gasteiger partial charge in [0.05, 0.1) is 5.69 Å². The Balaban J connectivity index is 0.00000306. The third-order valence-corrected chi connectivity index (χ3v) is 7.00. The summed E-state index contributed by atoms with van der Waals surface area (Å²) in [6.45, 7) is 11.2. The number of piperazine rings is 1. The molecule has 1 aliphatic rings. The molecule has 0 amide bonds. The average molecular weight is 482 g/mol. The standard InChI is InChI=1S/C28H35N3S.ClH/c1-24(2)32-28-17-10-9-16-27(28)30-22-20-29(21-23-30)18-11-19-31(25-12-5-3-6-13-25)26-14-7-4-8-15-26;/h3-10,12-17,24H,11,18-23H2,1-2H3;1H. The molecule has 5 heteroatoms. The highest BCUT2D eigenvalue weighted by Crippen LogP contribution is 2.33. The summed E-state index contributed by atoms with van der Waals surface area (Å²) in [5.41, 5.74) is 3.94. The number of para-hydroxylation sites is 3. The Morgan fingerprint density at radius 2 is 1.30 bits per heavy atom. The molecule has 0 radical (unpaired) electrons. The zero-order chi connectivity index (χ0) is 22.2. The van der Waals surface area contributed by atoms with Crippen LogP contribution in [0, 0.1) is 0 Å². The zero-order valence-corrected chi connectivity index (χ0v) is 21.4. The van der Waals surface area contributed by atoms with Gasteiger partial charge in [0.1, 0.15) is 0 Å². The highest BCUT2D eigenvalue weighted by atomic mass is 35.5. The number of rotatable bonds is 9. The van der Waals surface area contributed by atoms with E-state index in [0.29, 0.717) is 5.25 Å². The van der Waals surface area contributed by atoms with Crippen LogP contribution in [0.3, 0.4) is 0 Å². The second-order valence-corrected chi connectivity index (χ2v) is 10.3. The molecule has 0 saturated carbocycles. The van der Waals surface area contributed by atoms with Gasteiger partial charge in [0.2, 0.25) is 0 Å². The maximum Gasteiger partial charge on any atom is 0.0505 e. The normalized spacial score (nSPS) is 14.2. The fourth-order valence-corrected chi connectivity index (χ4v) is 5.34. The number of thioether (sulfide) groups is 1. The van der Waals surface area contributed by atoms with E-state index in [1.807, 2.05) is 11.8 Å². The monoisotopic (exact) mass is 481 g/mol. The van der Waals surface area contributed by atoms with Gasteiger partial charge in [-0.05, 0) is 49.4 Å². The molecule has 3 aromatic rings. The maximum atomic E-state index is 2.63. The molecule has 4 rings (SSSR count). The van der Waals surface area contributed by atoms with Gasteiger partial charge in [-0.2, -0.15) is 0 Å². The van der Waals surface area contributed by atoms with Crippen LogP contribution in [0.2, 0.25) is 0 Å². The number of hydrogen-bond acceptors (Lipinski definition) is 4. The molecule has 0 aliphatic carbocycles. The van der Waals surface area contributed by atoms with E-state index in [1.54, 1.807) is 0 Å². The number of hydrogen-bond donors (Lipinski definition) is 0. The molecule has 1 saturated heterocycles. The fraction of sp³-hybridized carbons (Fsp3) is 0.357. The summed E-state index contributed by atoms with van der Waals surface area (Å²) in [5.74, 6) is 0. The first-order valence-corrected chi connectivity index (χ1v) is 12.7. The molecule has 0 bridgehead atoms. The van der Waals surface area contributed by atoms with Crippen molar-refractivity contribution in [2.24, 2.45) is 0 Å². The molecular weight excluding hydrogens is 446 g/mol. The molecule has 33 heavy (non-hydrogen) atoms. The van der Waals surface area contributed by atoms with Crippen LogP contribution in [-0.4, -0.2) is 49.4 Å². The van der Waals surface area contributed by atoms with Crippen molar-refractivity contribution < 1.29 is 0 Å². The minimum atomic E-state index is 0. The summed E-state index contributed by atoms with van der Waals surface area (Å²) >= 11 is 1.97. The van der Waals surface area contributed by atoms with Gasteiger partial charge in [-0.3, -0.25) is 4.90 Å². The lowest BCUT2D eigenvalue weighted by molar-refractivity contribution is 0.256. The van der Waals surface area contributed by atoms with Crippen molar-refractivity contribution in [3.05, 3.63) is 84.9 Å². The third-order valence-electron chi connectivity index (χ3n) is 5.93. The number of anilines is 3. The Labute approximate surface area is 210 Å². The molecule has 0 atom stereocenters. The smallest absolute Gasteiger partial charge is 0.0505 e. The first-order valence-electron chi connectivity index (χ1n) is 11.8. The van der Waals surface area contributed by atoms with Crippen molar-refractivity contribution in [2.75, 3.05) is 49.1 Å². The van der Waals surface area contributed by atoms with Crippen LogP contribution in [0.25, 0.3) is 0 Å². The Kier molecular flexibility index (Phi) is 9.98. The lowest BCUT2D eigenvalue weighted by Crippen LogP contribution is -2.47. The van der Waals surface area contributed by atoms with Crippen molar-refractivity contribution in [1.29, 1.82) is 0 Å². The number of benzene rings is 3. The van der Waals surface area contributed by atoms with Crippen molar-refractivity contribution in [3.8, 4) is 0 Å². The average Bonchev–Trinajstić information content (AvgIpc) is 2.83. The van der Waals surface area contributed by atoms with E-state index in [2.05, 4.69) is 113 Å². The first kappa shape index (κ1) is 25.5. The second-order valence-electron chi connectivity index (χ2n) is 8.64. The van der Waals surface area contributed by atoms with Crippen molar-refractivity contribution in [3.63, 3.8) is 0 Å². The van der Waals surface area contributed by atoms with Crippen molar-refractivity contribution in [1.82, 2.24) is 4.90 Å². The van der Waals surface area contributed by atoms with Crippen LogP contribution in [0.5, 0.6) is 0 Å². The Bertz CT molecular complexity index is 904. The third kappa shape index (κ3) is 7.17. The second kappa shape index (κ2) is 12.9. The summed E-state index contributed by atoms with van der Waals surface area (Å²) in [4.78, 5) is 9.05. The number of halogens is 1. The molecule has 0 N–H and O–H groups in total. The summed E-state index contributed by atoms with van der Waals surface area (Å²) in [6.07, 6.45) is 1.16. The lowest BCUT2D eigenvalue weighted by atomic mass is 10.2. The highest BCUT2D eigenvalue weighted by Gasteiger charge is 2.20. The number of nitrogens with zero attached hydrogens (tertiary/aromatic N) is 3. The molecule has 1 fully saturated rings. The minimum Gasteiger partial charge on any atom is -0.368 e.